The lowest BCUT2D eigenvalue weighted by Gasteiger charge is -2.22. The van der Waals surface area contributed by atoms with Crippen molar-refractivity contribution in [1.29, 1.82) is 0 Å². The van der Waals surface area contributed by atoms with E-state index in [1.807, 2.05) is 0 Å². The summed E-state index contributed by atoms with van der Waals surface area (Å²) in [4.78, 5) is 0. The summed E-state index contributed by atoms with van der Waals surface area (Å²) in [5.74, 6) is -0.0215. The Morgan fingerprint density at radius 2 is 1.80 bits per heavy atom. The first-order chi connectivity index (χ1) is 9.47. The maximum absolute atomic E-state index is 13.5. The van der Waals surface area contributed by atoms with Gasteiger partial charge in [-0.1, -0.05) is 19.3 Å². The number of rotatable bonds is 4. The Morgan fingerprint density at radius 1 is 1.10 bits per heavy atom. The summed E-state index contributed by atoms with van der Waals surface area (Å²) in [5, 5.41) is 3.08. The van der Waals surface area contributed by atoms with Gasteiger partial charge in [0.05, 0.1) is 5.56 Å². The van der Waals surface area contributed by atoms with Crippen LogP contribution in [0.4, 0.5) is 17.6 Å². The van der Waals surface area contributed by atoms with Gasteiger partial charge in [0.25, 0.3) is 0 Å². The van der Waals surface area contributed by atoms with Crippen LogP contribution in [0.5, 0.6) is 0 Å². The highest BCUT2D eigenvalue weighted by Gasteiger charge is 2.31. The molecule has 0 unspecified atom stereocenters. The normalized spacial score (nSPS) is 17.4. The van der Waals surface area contributed by atoms with Gasteiger partial charge in [-0.2, -0.15) is 13.2 Å². The topological polar surface area (TPSA) is 12.0 Å². The van der Waals surface area contributed by atoms with Crippen LogP contribution in [-0.4, -0.2) is 6.54 Å². The molecular formula is C15H19F4N. The van der Waals surface area contributed by atoms with E-state index < -0.39 is 17.6 Å². The first kappa shape index (κ1) is 15.3. The standard InChI is InChI=1S/C15H19F4N/c16-14-7-6-13(15(17,18)19)8-12(14)10-20-9-11-4-2-1-3-5-11/h6-8,11,20H,1-5,9-10H2. The van der Waals surface area contributed by atoms with Gasteiger partial charge in [-0.3, -0.25) is 0 Å². The number of hydrogen-bond acceptors (Lipinski definition) is 1. The van der Waals surface area contributed by atoms with Gasteiger partial charge < -0.3 is 5.32 Å². The minimum Gasteiger partial charge on any atom is -0.312 e. The zero-order chi connectivity index (χ0) is 14.6. The molecule has 0 aliphatic heterocycles. The maximum atomic E-state index is 13.5. The molecule has 1 nitrogen and oxygen atoms in total. The van der Waals surface area contributed by atoms with Gasteiger partial charge in [-0.15, -0.1) is 0 Å². The minimum atomic E-state index is -4.42. The molecule has 1 aliphatic carbocycles. The molecule has 1 N–H and O–H groups in total. The Hall–Kier alpha value is -1.10. The second-order valence-corrected chi connectivity index (χ2v) is 5.44. The first-order valence-electron chi connectivity index (χ1n) is 7.03. The highest BCUT2D eigenvalue weighted by Crippen LogP contribution is 2.30. The van der Waals surface area contributed by atoms with Crippen molar-refractivity contribution in [3.05, 3.63) is 35.1 Å². The molecule has 112 valence electrons. The molecule has 1 aromatic carbocycles. The van der Waals surface area contributed by atoms with Gasteiger partial charge in [0, 0.05) is 12.1 Å². The molecule has 0 heterocycles. The van der Waals surface area contributed by atoms with Gasteiger partial charge in [-0.25, -0.2) is 4.39 Å². The van der Waals surface area contributed by atoms with Crippen LogP contribution in [0.2, 0.25) is 0 Å². The summed E-state index contributed by atoms with van der Waals surface area (Å²) in [5.41, 5.74) is -0.719. The molecule has 0 spiro atoms. The fourth-order valence-corrected chi connectivity index (χ4v) is 2.69. The van der Waals surface area contributed by atoms with Gasteiger partial charge >= 0.3 is 6.18 Å². The van der Waals surface area contributed by atoms with Crippen molar-refractivity contribution in [1.82, 2.24) is 5.32 Å². The lowest BCUT2D eigenvalue weighted by Crippen LogP contribution is -2.24. The molecule has 0 saturated heterocycles. The molecule has 1 saturated carbocycles. The van der Waals surface area contributed by atoms with E-state index in [1.165, 1.54) is 19.3 Å². The third-order valence-corrected chi connectivity index (χ3v) is 3.85. The molecule has 2 rings (SSSR count). The van der Waals surface area contributed by atoms with Crippen molar-refractivity contribution in [3.8, 4) is 0 Å². The summed E-state index contributed by atoms with van der Waals surface area (Å²) in [7, 11) is 0. The second-order valence-electron chi connectivity index (χ2n) is 5.44. The van der Waals surface area contributed by atoms with Crippen LogP contribution >= 0.6 is 0 Å². The van der Waals surface area contributed by atoms with Crippen molar-refractivity contribution in [2.75, 3.05) is 6.54 Å². The summed E-state index contributed by atoms with van der Waals surface area (Å²) >= 11 is 0. The predicted molar refractivity (Wildman–Crippen MR) is 69.7 cm³/mol. The zero-order valence-electron chi connectivity index (χ0n) is 11.3. The lowest BCUT2D eigenvalue weighted by atomic mass is 9.89. The second kappa shape index (κ2) is 6.57. The van der Waals surface area contributed by atoms with Crippen LogP contribution in [0, 0.1) is 11.7 Å². The quantitative estimate of drug-likeness (QED) is 0.804. The fraction of sp³-hybridized carbons (Fsp3) is 0.600. The molecular weight excluding hydrogens is 270 g/mol. The molecule has 1 aromatic rings. The van der Waals surface area contributed by atoms with E-state index in [2.05, 4.69) is 5.32 Å². The van der Waals surface area contributed by atoms with E-state index in [1.54, 1.807) is 0 Å². The summed E-state index contributed by atoms with van der Waals surface area (Å²) in [6.45, 7) is 0.891. The third-order valence-electron chi connectivity index (χ3n) is 3.85. The van der Waals surface area contributed by atoms with Gasteiger partial charge in [0.15, 0.2) is 0 Å². The molecule has 0 aromatic heterocycles. The van der Waals surface area contributed by atoms with E-state index in [0.29, 0.717) is 5.92 Å². The number of halogens is 4. The monoisotopic (exact) mass is 289 g/mol. The summed E-state index contributed by atoms with van der Waals surface area (Å²) in [6, 6.07) is 2.56. The van der Waals surface area contributed by atoms with E-state index >= 15 is 0 Å². The molecule has 20 heavy (non-hydrogen) atoms. The smallest absolute Gasteiger partial charge is 0.312 e. The van der Waals surface area contributed by atoms with Crippen molar-refractivity contribution in [3.63, 3.8) is 0 Å². The summed E-state index contributed by atoms with van der Waals surface area (Å²) in [6.07, 6.45) is 1.56. The lowest BCUT2D eigenvalue weighted by molar-refractivity contribution is -0.137. The van der Waals surface area contributed by atoms with Crippen LogP contribution in [0.1, 0.15) is 43.2 Å². The first-order valence-corrected chi connectivity index (χ1v) is 7.03. The average Bonchev–Trinajstić information content (AvgIpc) is 2.41. The van der Waals surface area contributed by atoms with E-state index in [0.717, 1.165) is 37.6 Å². The number of alkyl halides is 3. The largest absolute Gasteiger partial charge is 0.416 e. The van der Waals surface area contributed by atoms with Crippen LogP contribution in [0.15, 0.2) is 18.2 Å². The van der Waals surface area contributed by atoms with Gasteiger partial charge in [-0.05, 0) is 43.5 Å². The molecule has 1 fully saturated rings. The molecule has 0 bridgehead atoms. The average molecular weight is 289 g/mol. The fourth-order valence-electron chi connectivity index (χ4n) is 2.69. The predicted octanol–water partition coefficient (Wildman–Crippen LogP) is 4.51. The van der Waals surface area contributed by atoms with Crippen LogP contribution in [0.25, 0.3) is 0 Å². The highest BCUT2D eigenvalue weighted by atomic mass is 19.4. The van der Waals surface area contributed by atoms with Crippen LogP contribution in [0.3, 0.4) is 0 Å². The number of benzene rings is 1. The van der Waals surface area contributed by atoms with Crippen molar-refractivity contribution in [2.24, 2.45) is 5.92 Å². The maximum Gasteiger partial charge on any atom is 0.416 e. The highest BCUT2D eigenvalue weighted by molar-refractivity contribution is 5.27. The molecule has 5 heteroatoms. The Morgan fingerprint density at radius 3 is 2.45 bits per heavy atom. The van der Waals surface area contributed by atoms with E-state index in [9.17, 15) is 17.6 Å². The third kappa shape index (κ3) is 4.20. The molecule has 0 atom stereocenters. The van der Waals surface area contributed by atoms with Crippen molar-refractivity contribution in [2.45, 2.75) is 44.8 Å². The van der Waals surface area contributed by atoms with E-state index in [-0.39, 0.29) is 12.1 Å². The Kier molecular flexibility index (Phi) is 5.02. The molecule has 0 amide bonds. The Balaban J connectivity index is 1.91. The van der Waals surface area contributed by atoms with Crippen molar-refractivity contribution >= 4 is 0 Å². The van der Waals surface area contributed by atoms with E-state index in [4.69, 9.17) is 0 Å². The van der Waals surface area contributed by atoms with Gasteiger partial charge in [0.2, 0.25) is 0 Å². The molecule has 0 radical (unpaired) electrons. The minimum absolute atomic E-state index is 0.0793. The SMILES string of the molecule is Fc1ccc(C(F)(F)F)cc1CNCC1CCCCC1. The number of hydrogen-bond donors (Lipinski definition) is 1. The van der Waals surface area contributed by atoms with Crippen LogP contribution in [-0.2, 0) is 12.7 Å². The Bertz CT molecular complexity index is 436. The van der Waals surface area contributed by atoms with Crippen molar-refractivity contribution < 1.29 is 17.6 Å². The van der Waals surface area contributed by atoms with Crippen LogP contribution < -0.4 is 5.32 Å². The number of nitrogens with one attached hydrogen (secondary N) is 1. The molecule has 1 aliphatic rings. The van der Waals surface area contributed by atoms with Gasteiger partial charge in [0.1, 0.15) is 5.82 Å². The summed E-state index contributed by atoms with van der Waals surface area (Å²) < 4.78 is 51.2. The Labute approximate surface area is 116 Å². The zero-order valence-corrected chi connectivity index (χ0v) is 11.3.